The molecule has 0 atom stereocenters. The van der Waals surface area contributed by atoms with Gasteiger partial charge in [0.25, 0.3) is 0 Å². The molecule has 0 spiro atoms. The van der Waals surface area contributed by atoms with Crippen molar-refractivity contribution in [1.82, 2.24) is 19.7 Å². The average molecular weight is 335 g/mol. The topological polar surface area (TPSA) is 64.9 Å². The maximum absolute atomic E-state index is 13.7. The van der Waals surface area contributed by atoms with E-state index >= 15 is 0 Å². The summed E-state index contributed by atoms with van der Waals surface area (Å²) < 4.78 is 20.5. The van der Waals surface area contributed by atoms with E-state index in [-0.39, 0.29) is 0 Å². The van der Waals surface area contributed by atoms with Crippen molar-refractivity contribution in [2.24, 2.45) is 0 Å². The fourth-order valence-corrected chi connectivity index (χ4v) is 2.59. The highest BCUT2D eigenvalue weighted by Crippen LogP contribution is 2.27. The van der Waals surface area contributed by atoms with Gasteiger partial charge in [0.05, 0.1) is 24.4 Å². The molecular formula is C18H14FN5O. The standard InChI is InChI=1S/C18H14FN5O/c1-25-15-8-12(19)7-13(9-15)23-17-16-10-22-24(18(16)21-11-20-17)14-5-3-2-4-6-14/h2-11H,1H3,(H,20,21,23). The summed E-state index contributed by atoms with van der Waals surface area (Å²) >= 11 is 0. The van der Waals surface area contributed by atoms with Crippen LogP contribution in [0, 0.1) is 5.82 Å². The van der Waals surface area contributed by atoms with Crippen molar-refractivity contribution in [1.29, 1.82) is 0 Å². The summed E-state index contributed by atoms with van der Waals surface area (Å²) in [6.45, 7) is 0. The lowest BCUT2D eigenvalue weighted by molar-refractivity contribution is 0.411. The zero-order valence-corrected chi connectivity index (χ0v) is 13.3. The number of benzene rings is 2. The smallest absolute Gasteiger partial charge is 0.168 e. The Bertz CT molecular complexity index is 1030. The van der Waals surface area contributed by atoms with Crippen LogP contribution in [0.4, 0.5) is 15.9 Å². The van der Waals surface area contributed by atoms with Crippen LogP contribution in [-0.4, -0.2) is 26.9 Å². The summed E-state index contributed by atoms with van der Waals surface area (Å²) in [5.74, 6) is 0.569. The lowest BCUT2D eigenvalue weighted by Crippen LogP contribution is -1.99. The number of ether oxygens (including phenoxy) is 1. The third kappa shape index (κ3) is 2.87. The molecule has 1 N–H and O–H groups in total. The monoisotopic (exact) mass is 335 g/mol. The van der Waals surface area contributed by atoms with Gasteiger partial charge in [-0.25, -0.2) is 19.0 Å². The molecule has 0 fully saturated rings. The van der Waals surface area contributed by atoms with E-state index in [1.807, 2.05) is 30.3 Å². The van der Waals surface area contributed by atoms with Gasteiger partial charge in [0.1, 0.15) is 23.7 Å². The van der Waals surface area contributed by atoms with E-state index < -0.39 is 5.82 Å². The SMILES string of the molecule is COc1cc(F)cc(Nc2ncnc3c2cnn3-c2ccccc2)c1. The van der Waals surface area contributed by atoms with Gasteiger partial charge in [-0.2, -0.15) is 5.10 Å². The Balaban J connectivity index is 1.77. The minimum Gasteiger partial charge on any atom is -0.497 e. The molecule has 124 valence electrons. The normalized spacial score (nSPS) is 10.8. The number of hydrogen-bond donors (Lipinski definition) is 1. The summed E-state index contributed by atoms with van der Waals surface area (Å²) in [6, 6.07) is 14.1. The lowest BCUT2D eigenvalue weighted by Gasteiger charge is -2.09. The minimum absolute atomic E-state index is 0.396. The van der Waals surface area contributed by atoms with Gasteiger partial charge in [-0.15, -0.1) is 0 Å². The Morgan fingerprint density at radius 1 is 1.08 bits per heavy atom. The second-order valence-corrected chi connectivity index (χ2v) is 5.36. The highest BCUT2D eigenvalue weighted by Gasteiger charge is 2.12. The zero-order valence-electron chi connectivity index (χ0n) is 13.3. The molecule has 0 amide bonds. The van der Waals surface area contributed by atoms with Crippen LogP contribution in [-0.2, 0) is 0 Å². The Morgan fingerprint density at radius 2 is 1.92 bits per heavy atom. The maximum Gasteiger partial charge on any atom is 0.168 e. The number of nitrogens with one attached hydrogen (secondary N) is 1. The molecule has 4 aromatic rings. The molecular weight excluding hydrogens is 321 g/mol. The van der Waals surface area contributed by atoms with Crippen LogP contribution in [0.15, 0.2) is 61.1 Å². The maximum atomic E-state index is 13.7. The number of anilines is 2. The molecule has 0 unspecified atom stereocenters. The van der Waals surface area contributed by atoms with E-state index in [4.69, 9.17) is 4.74 Å². The van der Waals surface area contributed by atoms with E-state index in [2.05, 4.69) is 20.4 Å². The number of methoxy groups -OCH3 is 1. The number of fused-ring (bicyclic) bond motifs is 1. The number of hydrogen-bond acceptors (Lipinski definition) is 5. The van der Waals surface area contributed by atoms with Gasteiger partial charge in [0.15, 0.2) is 5.65 Å². The molecule has 25 heavy (non-hydrogen) atoms. The van der Waals surface area contributed by atoms with Crippen molar-refractivity contribution >= 4 is 22.5 Å². The second-order valence-electron chi connectivity index (χ2n) is 5.36. The Morgan fingerprint density at radius 3 is 2.72 bits per heavy atom. The molecule has 0 bridgehead atoms. The molecule has 6 nitrogen and oxygen atoms in total. The third-order valence-corrected chi connectivity index (χ3v) is 3.74. The quantitative estimate of drug-likeness (QED) is 0.616. The van der Waals surface area contributed by atoms with Crippen LogP contribution in [0.5, 0.6) is 5.75 Å². The molecule has 4 rings (SSSR count). The number of nitrogens with zero attached hydrogens (tertiary/aromatic N) is 4. The molecule has 0 aliphatic rings. The van der Waals surface area contributed by atoms with Crippen LogP contribution < -0.4 is 10.1 Å². The van der Waals surface area contributed by atoms with Crippen molar-refractivity contribution in [2.45, 2.75) is 0 Å². The molecule has 0 radical (unpaired) electrons. The van der Waals surface area contributed by atoms with Gasteiger partial charge >= 0.3 is 0 Å². The predicted molar refractivity (Wildman–Crippen MR) is 92.9 cm³/mol. The largest absolute Gasteiger partial charge is 0.497 e. The number of rotatable bonds is 4. The van der Waals surface area contributed by atoms with Crippen molar-refractivity contribution in [3.05, 3.63) is 66.9 Å². The van der Waals surface area contributed by atoms with E-state index in [1.165, 1.54) is 25.6 Å². The molecule has 0 saturated heterocycles. The van der Waals surface area contributed by atoms with Gasteiger partial charge in [0, 0.05) is 17.8 Å². The summed E-state index contributed by atoms with van der Waals surface area (Å²) in [5, 5.41) is 8.23. The van der Waals surface area contributed by atoms with E-state index in [0.717, 1.165) is 11.1 Å². The van der Waals surface area contributed by atoms with Gasteiger partial charge in [0.2, 0.25) is 0 Å². The Labute approximate surface area is 142 Å². The van der Waals surface area contributed by atoms with E-state index in [0.29, 0.717) is 22.9 Å². The van der Waals surface area contributed by atoms with Gasteiger partial charge in [-0.05, 0) is 18.2 Å². The van der Waals surface area contributed by atoms with Crippen molar-refractivity contribution < 1.29 is 9.13 Å². The lowest BCUT2D eigenvalue weighted by atomic mass is 10.2. The Hall–Kier alpha value is -3.48. The van der Waals surface area contributed by atoms with Crippen LogP contribution in [0.1, 0.15) is 0 Å². The predicted octanol–water partition coefficient (Wildman–Crippen LogP) is 3.71. The molecule has 2 aromatic carbocycles. The summed E-state index contributed by atoms with van der Waals surface area (Å²) in [7, 11) is 1.49. The minimum atomic E-state index is -0.396. The summed E-state index contributed by atoms with van der Waals surface area (Å²) in [5.41, 5.74) is 2.09. The number of halogens is 1. The first-order valence-electron chi connectivity index (χ1n) is 7.60. The average Bonchev–Trinajstić information content (AvgIpc) is 3.07. The van der Waals surface area contributed by atoms with Crippen LogP contribution in [0.2, 0.25) is 0 Å². The van der Waals surface area contributed by atoms with Gasteiger partial charge in [-0.3, -0.25) is 0 Å². The van der Waals surface area contributed by atoms with Crippen molar-refractivity contribution in [3.63, 3.8) is 0 Å². The highest BCUT2D eigenvalue weighted by atomic mass is 19.1. The molecule has 2 heterocycles. The molecule has 0 aliphatic carbocycles. The third-order valence-electron chi connectivity index (χ3n) is 3.74. The number of para-hydroxylation sites is 1. The van der Waals surface area contributed by atoms with Crippen molar-refractivity contribution in [2.75, 3.05) is 12.4 Å². The summed E-state index contributed by atoms with van der Waals surface area (Å²) in [4.78, 5) is 8.58. The Kier molecular flexibility index (Phi) is 3.74. The van der Waals surface area contributed by atoms with Crippen LogP contribution in [0.25, 0.3) is 16.7 Å². The second kappa shape index (κ2) is 6.20. The molecule has 0 saturated carbocycles. The fraction of sp³-hybridized carbons (Fsp3) is 0.0556. The van der Waals surface area contributed by atoms with Crippen LogP contribution >= 0.6 is 0 Å². The number of aromatic nitrogens is 4. The van der Waals surface area contributed by atoms with Gasteiger partial charge < -0.3 is 10.1 Å². The molecule has 0 aliphatic heterocycles. The first kappa shape index (κ1) is 15.1. The summed E-state index contributed by atoms with van der Waals surface area (Å²) in [6.07, 6.45) is 3.13. The first-order chi connectivity index (χ1) is 12.2. The highest BCUT2D eigenvalue weighted by molar-refractivity contribution is 5.89. The van der Waals surface area contributed by atoms with Gasteiger partial charge in [-0.1, -0.05) is 18.2 Å². The zero-order chi connectivity index (χ0) is 17.2. The van der Waals surface area contributed by atoms with Crippen molar-refractivity contribution in [3.8, 4) is 11.4 Å². The molecule has 2 aromatic heterocycles. The van der Waals surface area contributed by atoms with E-state index in [9.17, 15) is 4.39 Å². The first-order valence-corrected chi connectivity index (χ1v) is 7.60. The van der Waals surface area contributed by atoms with Crippen LogP contribution in [0.3, 0.4) is 0 Å². The fourth-order valence-electron chi connectivity index (χ4n) is 2.59. The molecule has 7 heteroatoms. The van der Waals surface area contributed by atoms with E-state index in [1.54, 1.807) is 16.9 Å².